The van der Waals surface area contributed by atoms with Gasteiger partial charge in [-0.05, 0) is 25.5 Å². The third-order valence-corrected chi connectivity index (χ3v) is 2.40. The standard InChI is InChI=1S/C13H17NO5/c1-2-19-11(17)7-4-8-14-13(18)12-9(15)5-3-6-10(12)16/h3,5-6,15-16H,2,4,7-8H2,1H3,(H,14,18). The first-order valence-electron chi connectivity index (χ1n) is 6.01. The van der Waals surface area contributed by atoms with Crippen molar-refractivity contribution in [3.05, 3.63) is 23.8 Å². The zero-order valence-corrected chi connectivity index (χ0v) is 10.7. The number of aromatic hydroxyl groups is 2. The molecule has 1 aromatic carbocycles. The van der Waals surface area contributed by atoms with Crippen molar-refractivity contribution >= 4 is 11.9 Å². The summed E-state index contributed by atoms with van der Waals surface area (Å²) in [5.41, 5.74) is -0.168. The first kappa shape index (κ1) is 14.8. The fraction of sp³-hybridized carbons (Fsp3) is 0.385. The third-order valence-electron chi connectivity index (χ3n) is 2.40. The maximum absolute atomic E-state index is 11.7. The quantitative estimate of drug-likeness (QED) is 0.531. The lowest BCUT2D eigenvalue weighted by Crippen LogP contribution is -2.25. The highest BCUT2D eigenvalue weighted by Gasteiger charge is 2.15. The molecule has 0 aliphatic heterocycles. The lowest BCUT2D eigenvalue weighted by molar-refractivity contribution is -0.143. The number of benzene rings is 1. The number of carbonyl (C=O) groups excluding carboxylic acids is 2. The first-order chi connectivity index (χ1) is 9.06. The van der Waals surface area contributed by atoms with Gasteiger partial charge in [0.1, 0.15) is 17.1 Å². The summed E-state index contributed by atoms with van der Waals surface area (Å²) in [6, 6.07) is 4.06. The highest BCUT2D eigenvalue weighted by molar-refractivity contribution is 5.99. The largest absolute Gasteiger partial charge is 0.507 e. The molecule has 19 heavy (non-hydrogen) atoms. The van der Waals surface area contributed by atoms with Crippen LogP contribution >= 0.6 is 0 Å². The Bertz CT molecular complexity index is 438. The van der Waals surface area contributed by atoms with Crippen LogP contribution in [0.3, 0.4) is 0 Å². The summed E-state index contributed by atoms with van der Waals surface area (Å²) in [7, 11) is 0. The number of esters is 1. The second-order valence-corrected chi connectivity index (χ2v) is 3.84. The van der Waals surface area contributed by atoms with Crippen molar-refractivity contribution in [3.63, 3.8) is 0 Å². The lowest BCUT2D eigenvalue weighted by atomic mass is 10.1. The molecule has 104 valence electrons. The number of amides is 1. The smallest absolute Gasteiger partial charge is 0.305 e. The Morgan fingerprint density at radius 3 is 2.47 bits per heavy atom. The molecule has 0 atom stereocenters. The molecule has 1 amide bonds. The molecular weight excluding hydrogens is 250 g/mol. The number of rotatable bonds is 6. The summed E-state index contributed by atoms with van der Waals surface area (Å²) >= 11 is 0. The Labute approximate surface area is 111 Å². The van der Waals surface area contributed by atoms with Gasteiger partial charge in [0.2, 0.25) is 0 Å². The Hall–Kier alpha value is -2.24. The Morgan fingerprint density at radius 2 is 1.89 bits per heavy atom. The number of nitrogens with one attached hydrogen (secondary N) is 1. The number of phenolic OH excluding ortho intramolecular Hbond substituents is 2. The predicted octanol–water partition coefficient (Wildman–Crippen LogP) is 1.17. The molecule has 3 N–H and O–H groups in total. The molecule has 0 aromatic heterocycles. The van der Waals surface area contributed by atoms with E-state index in [-0.39, 0.29) is 36.0 Å². The van der Waals surface area contributed by atoms with E-state index in [4.69, 9.17) is 4.74 Å². The van der Waals surface area contributed by atoms with Crippen molar-refractivity contribution in [1.29, 1.82) is 0 Å². The Morgan fingerprint density at radius 1 is 1.26 bits per heavy atom. The van der Waals surface area contributed by atoms with E-state index < -0.39 is 5.91 Å². The lowest BCUT2D eigenvalue weighted by Gasteiger charge is -2.08. The van der Waals surface area contributed by atoms with Gasteiger partial charge in [-0.3, -0.25) is 9.59 Å². The van der Waals surface area contributed by atoms with Gasteiger partial charge >= 0.3 is 5.97 Å². The van der Waals surface area contributed by atoms with Gasteiger partial charge in [-0.2, -0.15) is 0 Å². The summed E-state index contributed by atoms with van der Waals surface area (Å²) in [4.78, 5) is 22.8. The summed E-state index contributed by atoms with van der Waals surface area (Å²) in [5, 5.41) is 21.5. The topological polar surface area (TPSA) is 95.9 Å². The van der Waals surface area contributed by atoms with E-state index in [0.717, 1.165) is 0 Å². The summed E-state index contributed by atoms with van der Waals surface area (Å²) in [5.74, 6) is -1.48. The van der Waals surface area contributed by atoms with Crippen LogP contribution in [0.15, 0.2) is 18.2 Å². The summed E-state index contributed by atoms with van der Waals surface area (Å²) in [6.45, 7) is 2.31. The third kappa shape index (κ3) is 4.50. The Kier molecular flexibility index (Phi) is 5.66. The average molecular weight is 267 g/mol. The van der Waals surface area contributed by atoms with Crippen LogP contribution in [-0.2, 0) is 9.53 Å². The molecular formula is C13H17NO5. The van der Waals surface area contributed by atoms with Gasteiger partial charge in [0.05, 0.1) is 6.61 Å². The molecule has 0 radical (unpaired) electrons. The monoisotopic (exact) mass is 267 g/mol. The molecule has 0 fully saturated rings. The Balaban J connectivity index is 2.42. The van der Waals surface area contributed by atoms with Gasteiger partial charge in [0.25, 0.3) is 5.91 Å². The van der Waals surface area contributed by atoms with Crippen molar-refractivity contribution < 1.29 is 24.5 Å². The molecule has 6 heteroatoms. The van der Waals surface area contributed by atoms with Crippen LogP contribution in [0.5, 0.6) is 11.5 Å². The van der Waals surface area contributed by atoms with E-state index in [2.05, 4.69) is 5.32 Å². The van der Waals surface area contributed by atoms with Crippen LogP contribution in [0, 0.1) is 0 Å². The highest BCUT2D eigenvalue weighted by atomic mass is 16.5. The normalized spacial score (nSPS) is 9.95. The van der Waals surface area contributed by atoms with Crippen LogP contribution in [-0.4, -0.2) is 35.2 Å². The van der Waals surface area contributed by atoms with Crippen molar-refractivity contribution in [2.75, 3.05) is 13.2 Å². The molecule has 0 saturated carbocycles. The number of ether oxygens (including phenoxy) is 1. The maximum atomic E-state index is 11.7. The molecule has 0 saturated heterocycles. The van der Waals surface area contributed by atoms with Crippen molar-refractivity contribution in [3.8, 4) is 11.5 Å². The van der Waals surface area contributed by atoms with Gasteiger partial charge in [0, 0.05) is 13.0 Å². The number of carbonyl (C=O) groups is 2. The van der Waals surface area contributed by atoms with Gasteiger partial charge < -0.3 is 20.3 Å². The molecule has 0 unspecified atom stereocenters. The van der Waals surface area contributed by atoms with Crippen molar-refractivity contribution in [2.45, 2.75) is 19.8 Å². The van der Waals surface area contributed by atoms with Gasteiger partial charge in [0.15, 0.2) is 0 Å². The molecule has 0 spiro atoms. The van der Waals surface area contributed by atoms with Crippen molar-refractivity contribution in [2.24, 2.45) is 0 Å². The minimum Gasteiger partial charge on any atom is -0.507 e. The van der Waals surface area contributed by atoms with E-state index in [0.29, 0.717) is 13.0 Å². The zero-order valence-electron chi connectivity index (χ0n) is 10.7. The van der Waals surface area contributed by atoms with E-state index in [1.54, 1.807) is 6.92 Å². The maximum Gasteiger partial charge on any atom is 0.305 e. The minimum absolute atomic E-state index is 0.168. The minimum atomic E-state index is -0.584. The van der Waals surface area contributed by atoms with E-state index >= 15 is 0 Å². The number of phenols is 2. The van der Waals surface area contributed by atoms with Crippen LogP contribution < -0.4 is 5.32 Å². The predicted molar refractivity (Wildman–Crippen MR) is 68.0 cm³/mol. The van der Waals surface area contributed by atoms with E-state index in [1.807, 2.05) is 0 Å². The molecule has 0 bridgehead atoms. The van der Waals surface area contributed by atoms with Crippen LogP contribution in [0.1, 0.15) is 30.1 Å². The molecule has 1 rings (SSSR count). The summed E-state index contributed by atoms with van der Waals surface area (Å²) < 4.78 is 4.74. The van der Waals surface area contributed by atoms with Crippen LogP contribution in [0.2, 0.25) is 0 Å². The van der Waals surface area contributed by atoms with Crippen LogP contribution in [0.25, 0.3) is 0 Å². The fourth-order valence-corrected chi connectivity index (χ4v) is 1.52. The first-order valence-corrected chi connectivity index (χ1v) is 6.01. The second kappa shape index (κ2) is 7.25. The molecule has 0 aliphatic rings. The highest BCUT2D eigenvalue weighted by Crippen LogP contribution is 2.25. The molecule has 6 nitrogen and oxygen atoms in total. The molecule has 1 aromatic rings. The van der Waals surface area contributed by atoms with Gasteiger partial charge in [-0.25, -0.2) is 0 Å². The average Bonchev–Trinajstić information content (AvgIpc) is 2.35. The van der Waals surface area contributed by atoms with Crippen LogP contribution in [0.4, 0.5) is 0 Å². The van der Waals surface area contributed by atoms with Gasteiger partial charge in [-0.1, -0.05) is 6.07 Å². The number of hydrogen-bond donors (Lipinski definition) is 3. The zero-order chi connectivity index (χ0) is 14.3. The van der Waals surface area contributed by atoms with E-state index in [1.165, 1.54) is 18.2 Å². The van der Waals surface area contributed by atoms with Gasteiger partial charge in [-0.15, -0.1) is 0 Å². The SMILES string of the molecule is CCOC(=O)CCCNC(=O)c1c(O)cccc1O. The molecule has 0 aliphatic carbocycles. The van der Waals surface area contributed by atoms with E-state index in [9.17, 15) is 19.8 Å². The summed E-state index contributed by atoms with van der Waals surface area (Å²) in [6.07, 6.45) is 0.639. The number of hydrogen-bond acceptors (Lipinski definition) is 5. The second-order valence-electron chi connectivity index (χ2n) is 3.84. The fourth-order valence-electron chi connectivity index (χ4n) is 1.52. The van der Waals surface area contributed by atoms with Crippen molar-refractivity contribution in [1.82, 2.24) is 5.32 Å². The molecule has 0 heterocycles.